The number of aliphatic hydroxyl groups excluding tert-OH is 1. The highest BCUT2D eigenvalue weighted by molar-refractivity contribution is 5.69. The molecule has 0 aromatic rings. The van der Waals surface area contributed by atoms with E-state index in [0.29, 0.717) is 6.42 Å². The Morgan fingerprint density at radius 2 is 1.60 bits per heavy atom. The summed E-state index contributed by atoms with van der Waals surface area (Å²) in [5.74, 6) is -0.0799. The quantitative estimate of drug-likeness (QED) is 0.212. The number of esters is 1. The van der Waals surface area contributed by atoms with Crippen LogP contribution in [0.5, 0.6) is 0 Å². The van der Waals surface area contributed by atoms with Crippen LogP contribution in [-0.2, 0) is 9.53 Å². The minimum Gasteiger partial charge on any atom is -0.460 e. The van der Waals surface area contributed by atoms with Gasteiger partial charge >= 0.3 is 5.97 Å². The second kappa shape index (κ2) is 15.4. The van der Waals surface area contributed by atoms with Crippen molar-refractivity contribution in [1.82, 2.24) is 0 Å². The average molecular weight is 355 g/mol. The van der Waals surface area contributed by atoms with E-state index in [1.807, 2.05) is 20.8 Å². The highest BCUT2D eigenvalue weighted by atomic mass is 16.6. The normalized spacial score (nSPS) is 13.3. The van der Waals surface area contributed by atoms with E-state index < -0.39 is 0 Å². The summed E-state index contributed by atoms with van der Waals surface area (Å²) in [6, 6.07) is 0. The fourth-order valence-electron chi connectivity index (χ4n) is 2.75. The van der Waals surface area contributed by atoms with Crippen LogP contribution in [0.1, 0.15) is 111 Å². The van der Waals surface area contributed by atoms with E-state index >= 15 is 0 Å². The van der Waals surface area contributed by atoms with Crippen molar-refractivity contribution < 1.29 is 14.6 Å². The molecule has 1 unspecified atom stereocenters. The number of carbonyl (C=O) groups is 1. The van der Waals surface area contributed by atoms with Gasteiger partial charge in [0.1, 0.15) is 5.60 Å². The molecule has 3 nitrogen and oxygen atoms in total. The van der Waals surface area contributed by atoms with Gasteiger partial charge in [-0.05, 0) is 52.9 Å². The van der Waals surface area contributed by atoms with Gasteiger partial charge in [0.25, 0.3) is 0 Å². The molecule has 0 aliphatic heterocycles. The lowest BCUT2D eigenvalue weighted by Crippen LogP contribution is -2.23. The first-order valence-corrected chi connectivity index (χ1v) is 10.4. The predicted octanol–water partition coefficient (Wildman–Crippen LogP) is 6.34. The van der Waals surface area contributed by atoms with Crippen LogP contribution in [0.2, 0.25) is 0 Å². The van der Waals surface area contributed by atoms with Crippen molar-refractivity contribution >= 4 is 5.97 Å². The van der Waals surface area contributed by atoms with E-state index in [0.717, 1.165) is 38.5 Å². The Bertz CT molecular complexity index is 342. The molecule has 0 saturated heterocycles. The molecule has 0 aliphatic carbocycles. The Balaban J connectivity index is 3.39. The third kappa shape index (κ3) is 19.3. The van der Waals surface area contributed by atoms with Crippen LogP contribution in [0.3, 0.4) is 0 Å². The zero-order valence-electron chi connectivity index (χ0n) is 17.2. The molecule has 0 heterocycles. The molecule has 0 rings (SSSR count). The number of rotatable bonds is 15. The van der Waals surface area contributed by atoms with Crippen molar-refractivity contribution in [1.29, 1.82) is 0 Å². The fourth-order valence-corrected chi connectivity index (χ4v) is 2.75. The second-order valence-corrected chi connectivity index (χ2v) is 8.10. The largest absolute Gasteiger partial charge is 0.460 e. The zero-order valence-corrected chi connectivity index (χ0v) is 17.2. The summed E-state index contributed by atoms with van der Waals surface area (Å²) in [5, 5.41) is 9.87. The van der Waals surface area contributed by atoms with Crippen LogP contribution in [0, 0.1) is 0 Å². The van der Waals surface area contributed by atoms with Gasteiger partial charge in [0.2, 0.25) is 0 Å². The van der Waals surface area contributed by atoms with E-state index in [4.69, 9.17) is 4.74 Å². The summed E-state index contributed by atoms with van der Waals surface area (Å²) in [6.45, 7) is 7.93. The Hall–Kier alpha value is -0.830. The molecule has 0 aliphatic rings. The van der Waals surface area contributed by atoms with Gasteiger partial charge in [-0.25, -0.2) is 0 Å². The molecule has 0 aromatic carbocycles. The molecule has 0 amide bonds. The molecule has 0 saturated carbocycles. The molecule has 1 N–H and O–H groups in total. The van der Waals surface area contributed by atoms with Crippen LogP contribution in [0.25, 0.3) is 0 Å². The van der Waals surface area contributed by atoms with E-state index in [-0.39, 0.29) is 17.7 Å². The monoisotopic (exact) mass is 354 g/mol. The molecule has 0 fully saturated rings. The molecule has 0 aromatic heterocycles. The van der Waals surface area contributed by atoms with Gasteiger partial charge in [-0.3, -0.25) is 4.79 Å². The summed E-state index contributed by atoms with van der Waals surface area (Å²) in [7, 11) is 0. The standard InChI is InChI=1S/C22H42O3/c1-5-6-7-14-17-20(23)18-15-12-10-8-9-11-13-16-19-21(24)25-22(2,3)4/h12,15,20,23H,5-11,13-14,16-19H2,1-4H3/b15-12-. The van der Waals surface area contributed by atoms with Crippen molar-refractivity contribution in [3.8, 4) is 0 Å². The van der Waals surface area contributed by atoms with Crippen LogP contribution >= 0.6 is 0 Å². The maximum absolute atomic E-state index is 11.6. The third-order valence-corrected chi connectivity index (χ3v) is 4.14. The molecule has 0 bridgehead atoms. The van der Waals surface area contributed by atoms with E-state index in [9.17, 15) is 9.90 Å². The average Bonchev–Trinajstić information content (AvgIpc) is 2.51. The summed E-state index contributed by atoms with van der Waals surface area (Å²) in [5.41, 5.74) is -0.369. The van der Waals surface area contributed by atoms with Crippen LogP contribution in [-0.4, -0.2) is 22.8 Å². The minimum absolute atomic E-state index is 0.0799. The number of unbranched alkanes of at least 4 members (excludes halogenated alkanes) is 8. The van der Waals surface area contributed by atoms with Gasteiger partial charge in [0.05, 0.1) is 6.10 Å². The molecule has 0 spiro atoms. The lowest BCUT2D eigenvalue weighted by atomic mass is 10.1. The zero-order chi connectivity index (χ0) is 19.0. The van der Waals surface area contributed by atoms with Crippen LogP contribution in [0.15, 0.2) is 12.2 Å². The Kier molecular flexibility index (Phi) is 14.9. The number of ether oxygens (including phenoxy) is 1. The first-order chi connectivity index (χ1) is 11.8. The number of carbonyl (C=O) groups excluding carboxylic acids is 1. The molecule has 3 heteroatoms. The topological polar surface area (TPSA) is 46.5 Å². The SMILES string of the molecule is CCCCCCC(O)C/C=C\CCCCCCCC(=O)OC(C)(C)C. The number of hydrogen-bond donors (Lipinski definition) is 1. The van der Waals surface area contributed by atoms with Gasteiger partial charge in [0, 0.05) is 6.42 Å². The first-order valence-electron chi connectivity index (χ1n) is 10.4. The van der Waals surface area contributed by atoms with Crippen molar-refractivity contribution in [2.24, 2.45) is 0 Å². The Labute approximate surface area is 156 Å². The lowest BCUT2D eigenvalue weighted by molar-refractivity contribution is -0.154. The molecular weight excluding hydrogens is 312 g/mol. The summed E-state index contributed by atoms with van der Waals surface area (Å²) < 4.78 is 5.30. The Morgan fingerprint density at radius 3 is 2.28 bits per heavy atom. The Morgan fingerprint density at radius 1 is 0.960 bits per heavy atom. The van der Waals surface area contributed by atoms with E-state index in [2.05, 4.69) is 19.1 Å². The molecular formula is C22H42O3. The van der Waals surface area contributed by atoms with Gasteiger partial charge in [-0.2, -0.15) is 0 Å². The molecule has 25 heavy (non-hydrogen) atoms. The van der Waals surface area contributed by atoms with Crippen molar-refractivity contribution in [3.05, 3.63) is 12.2 Å². The van der Waals surface area contributed by atoms with Gasteiger partial charge in [0.15, 0.2) is 0 Å². The van der Waals surface area contributed by atoms with Crippen molar-refractivity contribution in [3.63, 3.8) is 0 Å². The maximum Gasteiger partial charge on any atom is 0.306 e. The van der Waals surface area contributed by atoms with Gasteiger partial charge < -0.3 is 9.84 Å². The highest BCUT2D eigenvalue weighted by Crippen LogP contribution is 2.13. The highest BCUT2D eigenvalue weighted by Gasteiger charge is 2.15. The summed E-state index contributed by atoms with van der Waals surface area (Å²) in [4.78, 5) is 11.6. The maximum atomic E-state index is 11.6. The van der Waals surface area contributed by atoms with Gasteiger partial charge in [-0.1, -0.05) is 64.0 Å². The number of hydrogen-bond acceptors (Lipinski definition) is 3. The minimum atomic E-state index is -0.369. The lowest BCUT2D eigenvalue weighted by Gasteiger charge is -2.19. The van der Waals surface area contributed by atoms with E-state index in [1.54, 1.807) is 0 Å². The predicted molar refractivity (Wildman–Crippen MR) is 107 cm³/mol. The summed E-state index contributed by atoms with van der Waals surface area (Å²) >= 11 is 0. The third-order valence-electron chi connectivity index (χ3n) is 4.14. The second-order valence-electron chi connectivity index (χ2n) is 8.10. The smallest absolute Gasteiger partial charge is 0.306 e. The molecule has 148 valence electrons. The summed E-state index contributed by atoms with van der Waals surface area (Å²) in [6.07, 6.45) is 18.0. The van der Waals surface area contributed by atoms with Gasteiger partial charge in [-0.15, -0.1) is 0 Å². The van der Waals surface area contributed by atoms with Crippen LogP contribution in [0.4, 0.5) is 0 Å². The van der Waals surface area contributed by atoms with Crippen LogP contribution < -0.4 is 0 Å². The molecule has 0 radical (unpaired) electrons. The number of allylic oxidation sites excluding steroid dienone is 1. The van der Waals surface area contributed by atoms with E-state index in [1.165, 1.54) is 38.5 Å². The van der Waals surface area contributed by atoms with Crippen molar-refractivity contribution in [2.45, 2.75) is 123 Å². The molecule has 1 atom stereocenters. The van der Waals surface area contributed by atoms with Crippen molar-refractivity contribution in [2.75, 3.05) is 0 Å². The first kappa shape index (κ1) is 24.2. The number of aliphatic hydroxyl groups is 1. The fraction of sp³-hybridized carbons (Fsp3) is 0.864.